The third kappa shape index (κ3) is 3.38. The Labute approximate surface area is 128 Å². The molecule has 3 aromatic rings. The molecule has 108 valence electrons. The molecule has 0 aliphatic rings. The summed E-state index contributed by atoms with van der Waals surface area (Å²) in [4.78, 5) is 0. The van der Waals surface area contributed by atoms with Crippen molar-refractivity contribution in [3.63, 3.8) is 0 Å². The number of hydrogen-bond donors (Lipinski definition) is 2. The van der Waals surface area contributed by atoms with Crippen LogP contribution in [0.1, 0.15) is 5.76 Å². The van der Waals surface area contributed by atoms with Crippen LogP contribution < -0.4 is 10.6 Å². The van der Waals surface area contributed by atoms with Crippen LogP contribution >= 0.6 is 11.6 Å². The molecule has 4 heteroatoms. The molecule has 2 N–H and O–H groups in total. The van der Waals surface area contributed by atoms with Crippen molar-refractivity contribution in [2.45, 2.75) is 6.54 Å². The molecule has 0 amide bonds. The molecule has 1 aromatic heterocycles. The Balaban J connectivity index is 1.54. The van der Waals surface area contributed by atoms with Crippen molar-refractivity contribution in [1.29, 1.82) is 0 Å². The largest absolute Gasteiger partial charge is 0.468 e. The highest BCUT2D eigenvalue weighted by Gasteiger charge is 2.04. The first-order valence-electron chi connectivity index (χ1n) is 6.99. The number of hydrogen-bond acceptors (Lipinski definition) is 3. The summed E-state index contributed by atoms with van der Waals surface area (Å²) < 4.78 is 5.26. The van der Waals surface area contributed by atoms with Gasteiger partial charge in [0.2, 0.25) is 0 Å². The van der Waals surface area contributed by atoms with Crippen LogP contribution in [0.2, 0.25) is 5.02 Å². The van der Waals surface area contributed by atoms with E-state index in [9.17, 15) is 0 Å². The van der Waals surface area contributed by atoms with Crippen LogP contribution in [0.3, 0.4) is 0 Å². The average molecular weight is 301 g/mol. The van der Waals surface area contributed by atoms with Gasteiger partial charge >= 0.3 is 0 Å². The molecule has 0 saturated carbocycles. The Morgan fingerprint density at radius 1 is 0.952 bits per heavy atom. The van der Waals surface area contributed by atoms with E-state index < -0.39 is 0 Å². The van der Waals surface area contributed by atoms with Crippen LogP contribution in [-0.2, 0) is 6.54 Å². The maximum Gasteiger partial charge on any atom is 0.117 e. The van der Waals surface area contributed by atoms with Crippen molar-refractivity contribution in [3.8, 4) is 0 Å². The monoisotopic (exact) mass is 300 g/mol. The minimum atomic E-state index is 0.736. The van der Waals surface area contributed by atoms with Crippen molar-refractivity contribution < 1.29 is 4.42 Å². The topological polar surface area (TPSA) is 37.2 Å². The zero-order valence-electron chi connectivity index (χ0n) is 11.6. The molecule has 1 heterocycles. The van der Waals surface area contributed by atoms with Crippen LogP contribution in [0.5, 0.6) is 0 Å². The van der Waals surface area contributed by atoms with Gasteiger partial charge in [0, 0.05) is 18.5 Å². The van der Waals surface area contributed by atoms with E-state index >= 15 is 0 Å². The molecule has 0 bridgehead atoms. The van der Waals surface area contributed by atoms with Gasteiger partial charge in [-0.1, -0.05) is 41.9 Å². The quantitative estimate of drug-likeness (QED) is 0.667. The number of benzene rings is 2. The second kappa shape index (κ2) is 6.66. The molecule has 0 aliphatic heterocycles. The minimum Gasteiger partial charge on any atom is -0.468 e. The van der Waals surface area contributed by atoms with Crippen LogP contribution in [0.15, 0.2) is 59.2 Å². The second-order valence-corrected chi connectivity index (χ2v) is 5.21. The molecule has 3 nitrogen and oxygen atoms in total. The van der Waals surface area contributed by atoms with Crippen molar-refractivity contribution in [2.75, 3.05) is 18.4 Å². The fourth-order valence-electron chi connectivity index (χ4n) is 2.28. The number of furan rings is 1. The van der Waals surface area contributed by atoms with E-state index in [-0.39, 0.29) is 0 Å². The smallest absolute Gasteiger partial charge is 0.117 e. The lowest BCUT2D eigenvalue weighted by Gasteiger charge is -2.11. The van der Waals surface area contributed by atoms with E-state index in [1.165, 1.54) is 0 Å². The lowest BCUT2D eigenvalue weighted by molar-refractivity contribution is 0.486. The Bertz CT molecular complexity index is 710. The second-order valence-electron chi connectivity index (χ2n) is 4.83. The molecule has 0 spiro atoms. The van der Waals surface area contributed by atoms with Gasteiger partial charge < -0.3 is 15.1 Å². The van der Waals surface area contributed by atoms with E-state index in [0.717, 1.165) is 46.9 Å². The van der Waals surface area contributed by atoms with Crippen LogP contribution in [0, 0.1) is 0 Å². The lowest BCUT2D eigenvalue weighted by Crippen LogP contribution is -2.21. The molecule has 2 aromatic carbocycles. The van der Waals surface area contributed by atoms with E-state index in [1.807, 2.05) is 36.4 Å². The highest BCUT2D eigenvalue weighted by Crippen LogP contribution is 2.30. The first-order valence-corrected chi connectivity index (χ1v) is 7.36. The van der Waals surface area contributed by atoms with Gasteiger partial charge in [-0.05, 0) is 23.6 Å². The van der Waals surface area contributed by atoms with E-state index in [1.54, 1.807) is 6.26 Å². The fourth-order valence-corrected chi connectivity index (χ4v) is 2.58. The minimum absolute atomic E-state index is 0.736. The standard InChI is InChI=1S/C17H17ClN2O/c18-17-15-6-2-1-4-13(15)7-8-16(17)20-10-9-19-12-14-5-3-11-21-14/h1-8,11,19-20H,9-10,12H2. The summed E-state index contributed by atoms with van der Waals surface area (Å²) >= 11 is 6.44. The average Bonchev–Trinajstić information content (AvgIpc) is 3.03. The van der Waals surface area contributed by atoms with Crippen molar-refractivity contribution in [1.82, 2.24) is 5.32 Å². The highest BCUT2D eigenvalue weighted by molar-refractivity contribution is 6.38. The first-order chi connectivity index (χ1) is 10.3. The summed E-state index contributed by atoms with van der Waals surface area (Å²) in [5, 5.41) is 9.69. The molecular weight excluding hydrogens is 284 g/mol. The SMILES string of the molecule is Clc1c(NCCNCc2ccco2)ccc2ccccc12. The predicted molar refractivity (Wildman–Crippen MR) is 87.9 cm³/mol. The molecule has 0 atom stereocenters. The summed E-state index contributed by atoms with van der Waals surface area (Å²) in [6.45, 7) is 2.38. The molecular formula is C17H17ClN2O. The Hall–Kier alpha value is -1.97. The van der Waals surface area contributed by atoms with Gasteiger partial charge in [0.15, 0.2) is 0 Å². The first kappa shape index (κ1) is 14.0. The van der Waals surface area contributed by atoms with Crippen LogP contribution in [-0.4, -0.2) is 13.1 Å². The van der Waals surface area contributed by atoms with Gasteiger partial charge in [0.05, 0.1) is 23.5 Å². The zero-order chi connectivity index (χ0) is 14.5. The number of nitrogens with one attached hydrogen (secondary N) is 2. The maximum absolute atomic E-state index is 6.44. The molecule has 0 unspecified atom stereocenters. The van der Waals surface area contributed by atoms with Crippen LogP contribution in [0.4, 0.5) is 5.69 Å². The Morgan fingerprint density at radius 2 is 1.86 bits per heavy atom. The van der Waals surface area contributed by atoms with E-state index in [0.29, 0.717) is 0 Å². The van der Waals surface area contributed by atoms with Gasteiger partial charge in [-0.2, -0.15) is 0 Å². The Kier molecular flexibility index (Phi) is 4.43. The predicted octanol–water partition coefficient (Wildman–Crippen LogP) is 4.29. The molecule has 0 saturated heterocycles. The number of fused-ring (bicyclic) bond motifs is 1. The summed E-state index contributed by atoms with van der Waals surface area (Å²) in [7, 11) is 0. The normalized spacial score (nSPS) is 10.9. The Morgan fingerprint density at radius 3 is 2.71 bits per heavy atom. The number of rotatable bonds is 6. The summed E-state index contributed by atoms with van der Waals surface area (Å²) in [6, 6.07) is 16.1. The molecule has 21 heavy (non-hydrogen) atoms. The van der Waals surface area contributed by atoms with Crippen molar-refractivity contribution in [2.24, 2.45) is 0 Å². The van der Waals surface area contributed by atoms with Gasteiger partial charge in [-0.25, -0.2) is 0 Å². The zero-order valence-corrected chi connectivity index (χ0v) is 12.4. The van der Waals surface area contributed by atoms with Gasteiger partial charge in [0.25, 0.3) is 0 Å². The third-order valence-electron chi connectivity index (χ3n) is 3.36. The molecule has 3 rings (SSSR count). The van der Waals surface area contributed by atoms with Gasteiger partial charge in [-0.15, -0.1) is 0 Å². The number of halogens is 1. The maximum atomic E-state index is 6.44. The third-order valence-corrected chi connectivity index (χ3v) is 3.77. The summed E-state index contributed by atoms with van der Waals surface area (Å²) in [5.41, 5.74) is 0.968. The summed E-state index contributed by atoms with van der Waals surface area (Å²) in [6.07, 6.45) is 1.68. The summed E-state index contributed by atoms with van der Waals surface area (Å²) in [5.74, 6) is 0.943. The van der Waals surface area contributed by atoms with Gasteiger partial charge in [0.1, 0.15) is 5.76 Å². The van der Waals surface area contributed by atoms with E-state index in [4.69, 9.17) is 16.0 Å². The molecule has 0 radical (unpaired) electrons. The highest BCUT2D eigenvalue weighted by atomic mass is 35.5. The molecule has 0 fully saturated rings. The van der Waals surface area contributed by atoms with Gasteiger partial charge in [-0.3, -0.25) is 0 Å². The fraction of sp³-hybridized carbons (Fsp3) is 0.176. The van der Waals surface area contributed by atoms with E-state index in [2.05, 4.69) is 22.8 Å². The number of anilines is 1. The lowest BCUT2D eigenvalue weighted by atomic mass is 10.1. The van der Waals surface area contributed by atoms with Crippen LogP contribution in [0.25, 0.3) is 10.8 Å². The van der Waals surface area contributed by atoms with Crippen molar-refractivity contribution >= 4 is 28.1 Å². The van der Waals surface area contributed by atoms with Crippen molar-refractivity contribution in [3.05, 3.63) is 65.6 Å². The molecule has 0 aliphatic carbocycles.